The van der Waals surface area contributed by atoms with Gasteiger partial charge >= 0.3 is 5.97 Å². The van der Waals surface area contributed by atoms with Crippen LogP contribution in [0.1, 0.15) is 28.8 Å². The van der Waals surface area contributed by atoms with Crippen molar-refractivity contribution in [2.45, 2.75) is 26.4 Å². The molecule has 0 saturated carbocycles. The summed E-state index contributed by atoms with van der Waals surface area (Å²) in [6.45, 7) is 3.08. The van der Waals surface area contributed by atoms with Crippen LogP contribution in [-0.4, -0.2) is 45.5 Å². The molecule has 1 atom stereocenters. The molecule has 2 rings (SSSR count). The maximum absolute atomic E-state index is 12.1. The van der Waals surface area contributed by atoms with E-state index in [4.69, 9.17) is 9.52 Å². The van der Waals surface area contributed by atoms with Gasteiger partial charge in [0.05, 0.1) is 12.4 Å². The zero-order valence-corrected chi connectivity index (χ0v) is 12.5. The number of rotatable bonds is 4. The first kappa shape index (κ1) is 15.4. The van der Waals surface area contributed by atoms with E-state index in [1.807, 2.05) is 0 Å². The standard InChI is InChI=1S/C13H16N2O5S/c1-7-10(13(18)19)3-9(20-7)4-14-12(17)11-5-21-6-15(11)8(2)16/h3,11H,4-6H2,1-2H3,(H,14,17)(H,18,19)/t11-/m1/s1. The van der Waals surface area contributed by atoms with Gasteiger partial charge in [0.1, 0.15) is 23.1 Å². The van der Waals surface area contributed by atoms with Crippen molar-refractivity contribution in [3.63, 3.8) is 0 Å². The molecule has 8 heteroatoms. The fraction of sp³-hybridized carbons (Fsp3) is 0.462. The van der Waals surface area contributed by atoms with E-state index in [0.29, 0.717) is 23.2 Å². The third-order valence-electron chi connectivity index (χ3n) is 3.23. The topological polar surface area (TPSA) is 99.9 Å². The van der Waals surface area contributed by atoms with E-state index in [0.717, 1.165) is 0 Å². The number of hydrogen-bond acceptors (Lipinski definition) is 5. The highest BCUT2D eigenvalue weighted by Gasteiger charge is 2.32. The molecule has 0 spiro atoms. The van der Waals surface area contributed by atoms with Crippen molar-refractivity contribution >= 4 is 29.5 Å². The zero-order chi connectivity index (χ0) is 15.6. The summed E-state index contributed by atoms with van der Waals surface area (Å²) in [5.74, 6) is 0.276. The van der Waals surface area contributed by atoms with Crippen molar-refractivity contribution in [3.05, 3.63) is 23.2 Å². The van der Waals surface area contributed by atoms with Crippen LogP contribution in [0, 0.1) is 6.92 Å². The maximum Gasteiger partial charge on any atom is 0.339 e. The van der Waals surface area contributed by atoms with Crippen LogP contribution in [0.15, 0.2) is 10.5 Å². The number of hydrogen-bond donors (Lipinski definition) is 2. The number of aryl methyl sites for hydroxylation is 1. The predicted molar refractivity (Wildman–Crippen MR) is 75.9 cm³/mol. The molecule has 2 amide bonds. The molecule has 7 nitrogen and oxygen atoms in total. The minimum atomic E-state index is -1.07. The van der Waals surface area contributed by atoms with Crippen molar-refractivity contribution < 1.29 is 23.9 Å². The van der Waals surface area contributed by atoms with Gasteiger partial charge in [-0.25, -0.2) is 4.79 Å². The Labute approximate surface area is 125 Å². The predicted octanol–water partition coefficient (Wildman–Crippen LogP) is 0.824. The Kier molecular flexibility index (Phi) is 4.56. The minimum absolute atomic E-state index is 0.0843. The maximum atomic E-state index is 12.1. The molecule has 0 aliphatic carbocycles. The molecular weight excluding hydrogens is 296 g/mol. The molecule has 1 aromatic rings. The molecule has 1 fully saturated rings. The number of nitrogens with zero attached hydrogens (tertiary/aromatic N) is 1. The highest BCUT2D eigenvalue weighted by Crippen LogP contribution is 2.21. The van der Waals surface area contributed by atoms with E-state index in [1.165, 1.54) is 29.7 Å². The number of thioether (sulfide) groups is 1. The molecule has 2 heterocycles. The molecule has 0 bridgehead atoms. The molecule has 21 heavy (non-hydrogen) atoms. The summed E-state index contributed by atoms with van der Waals surface area (Å²) in [7, 11) is 0. The molecule has 0 radical (unpaired) electrons. The average Bonchev–Trinajstić information content (AvgIpc) is 3.02. The SMILES string of the molecule is CC(=O)N1CSC[C@@H]1C(=O)NCc1cc(C(=O)O)c(C)o1. The van der Waals surface area contributed by atoms with E-state index in [1.54, 1.807) is 6.92 Å². The number of amides is 2. The fourth-order valence-electron chi connectivity index (χ4n) is 2.11. The molecular formula is C13H16N2O5S. The smallest absolute Gasteiger partial charge is 0.339 e. The highest BCUT2D eigenvalue weighted by atomic mass is 32.2. The quantitative estimate of drug-likeness (QED) is 0.854. The molecule has 114 valence electrons. The van der Waals surface area contributed by atoms with Crippen LogP contribution in [0.25, 0.3) is 0 Å². The van der Waals surface area contributed by atoms with Crippen LogP contribution in [0.2, 0.25) is 0 Å². The fourth-order valence-corrected chi connectivity index (χ4v) is 3.32. The number of carboxylic acid groups (broad SMARTS) is 1. The Hall–Kier alpha value is -1.96. The number of carbonyl (C=O) groups excluding carboxylic acids is 2. The van der Waals surface area contributed by atoms with E-state index < -0.39 is 12.0 Å². The van der Waals surface area contributed by atoms with Crippen LogP contribution in [-0.2, 0) is 16.1 Å². The molecule has 0 aromatic carbocycles. The van der Waals surface area contributed by atoms with Crippen molar-refractivity contribution in [1.29, 1.82) is 0 Å². The van der Waals surface area contributed by atoms with Gasteiger partial charge in [0.25, 0.3) is 0 Å². The second kappa shape index (κ2) is 6.21. The number of aromatic carboxylic acids is 1. The van der Waals surface area contributed by atoms with Gasteiger partial charge in [0, 0.05) is 12.7 Å². The van der Waals surface area contributed by atoms with Crippen molar-refractivity contribution in [1.82, 2.24) is 10.2 Å². The average molecular weight is 312 g/mol. The Morgan fingerprint density at radius 3 is 2.81 bits per heavy atom. The first-order valence-corrected chi connectivity index (χ1v) is 7.51. The normalized spacial score (nSPS) is 17.8. The monoisotopic (exact) mass is 312 g/mol. The summed E-state index contributed by atoms with van der Waals surface area (Å²) < 4.78 is 5.28. The van der Waals surface area contributed by atoms with Crippen LogP contribution in [0.3, 0.4) is 0 Å². The summed E-state index contributed by atoms with van der Waals surface area (Å²) in [6.07, 6.45) is 0. The summed E-state index contributed by atoms with van der Waals surface area (Å²) >= 11 is 1.52. The number of carbonyl (C=O) groups is 3. The third kappa shape index (κ3) is 3.38. The van der Waals surface area contributed by atoms with Crippen molar-refractivity contribution in [3.8, 4) is 0 Å². The zero-order valence-electron chi connectivity index (χ0n) is 11.7. The van der Waals surface area contributed by atoms with E-state index in [9.17, 15) is 14.4 Å². The largest absolute Gasteiger partial charge is 0.478 e. The molecule has 1 aliphatic heterocycles. The number of carboxylic acids is 1. The van der Waals surface area contributed by atoms with Gasteiger partial charge in [-0.15, -0.1) is 11.8 Å². The van der Waals surface area contributed by atoms with Crippen LogP contribution >= 0.6 is 11.8 Å². The lowest BCUT2D eigenvalue weighted by Crippen LogP contribution is -2.46. The van der Waals surface area contributed by atoms with Gasteiger partial charge in [0.15, 0.2) is 0 Å². The van der Waals surface area contributed by atoms with Gasteiger partial charge in [-0.2, -0.15) is 0 Å². The van der Waals surface area contributed by atoms with Gasteiger partial charge in [-0.3, -0.25) is 9.59 Å². The Morgan fingerprint density at radius 2 is 2.24 bits per heavy atom. The second-order valence-electron chi connectivity index (χ2n) is 4.71. The summed E-state index contributed by atoms with van der Waals surface area (Å²) in [5, 5.41) is 11.6. The summed E-state index contributed by atoms with van der Waals surface area (Å²) in [6, 6.07) is 0.909. The lowest BCUT2D eigenvalue weighted by molar-refractivity contribution is -0.136. The molecule has 2 N–H and O–H groups in total. The van der Waals surface area contributed by atoms with Crippen LogP contribution in [0.5, 0.6) is 0 Å². The van der Waals surface area contributed by atoms with E-state index >= 15 is 0 Å². The van der Waals surface area contributed by atoms with Gasteiger partial charge in [-0.05, 0) is 13.0 Å². The molecule has 1 aromatic heterocycles. The first-order valence-electron chi connectivity index (χ1n) is 6.35. The van der Waals surface area contributed by atoms with Gasteiger partial charge < -0.3 is 19.7 Å². The first-order chi connectivity index (χ1) is 9.90. The number of furan rings is 1. The van der Waals surface area contributed by atoms with E-state index in [2.05, 4.69) is 5.32 Å². The Morgan fingerprint density at radius 1 is 1.52 bits per heavy atom. The van der Waals surface area contributed by atoms with Crippen LogP contribution in [0.4, 0.5) is 0 Å². The lowest BCUT2D eigenvalue weighted by atomic mass is 10.2. The van der Waals surface area contributed by atoms with Gasteiger partial charge in [-0.1, -0.05) is 0 Å². The van der Waals surface area contributed by atoms with Crippen molar-refractivity contribution in [2.24, 2.45) is 0 Å². The van der Waals surface area contributed by atoms with Gasteiger partial charge in [0.2, 0.25) is 11.8 Å². The second-order valence-corrected chi connectivity index (χ2v) is 5.71. The molecule has 0 unspecified atom stereocenters. The Balaban J connectivity index is 1.96. The molecule has 1 saturated heterocycles. The third-order valence-corrected chi connectivity index (χ3v) is 4.24. The van der Waals surface area contributed by atoms with Crippen molar-refractivity contribution in [2.75, 3.05) is 11.6 Å². The highest BCUT2D eigenvalue weighted by molar-refractivity contribution is 7.99. The van der Waals surface area contributed by atoms with Crippen LogP contribution < -0.4 is 5.32 Å². The summed E-state index contributed by atoms with van der Waals surface area (Å²) in [5.41, 5.74) is 0.0843. The van der Waals surface area contributed by atoms with E-state index in [-0.39, 0.29) is 23.9 Å². The Bertz CT molecular complexity index is 583. The minimum Gasteiger partial charge on any atom is -0.478 e. The number of nitrogens with one attached hydrogen (secondary N) is 1. The summed E-state index contributed by atoms with van der Waals surface area (Å²) in [4.78, 5) is 35.9. The molecule has 1 aliphatic rings. The lowest BCUT2D eigenvalue weighted by Gasteiger charge is -2.21.